The molecule has 0 bridgehead atoms. The Morgan fingerprint density at radius 2 is 1.56 bits per heavy atom. The zero-order valence-electron chi connectivity index (χ0n) is 21.2. The van der Waals surface area contributed by atoms with Crippen LogP contribution in [0.5, 0.6) is 0 Å². The van der Waals surface area contributed by atoms with Gasteiger partial charge in [0.15, 0.2) is 6.29 Å². The standard InChI is InChI=1S/C21H37N5O10/c1-9(17(32)22-6)23-18(33)10(2)24-20(34)21(5,26-12(4)29)8-35-19-14(25-11(3)28)16(31)15(30)13(7-27)36-19/h9-10,13-16,19,27,30-31H,7-8H2,1-6H3,(H,22,32)(H,23,33)(H,24,34)(H,25,28)(H,26,29)/t9-,10-,13+,14+,15-,16+,19-,21-/m0/s1. The molecule has 0 aromatic carbocycles. The molecule has 1 aliphatic heterocycles. The second-order valence-electron chi connectivity index (χ2n) is 8.80. The first-order chi connectivity index (χ1) is 16.7. The minimum Gasteiger partial charge on any atom is -0.394 e. The van der Waals surface area contributed by atoms with E-state index in [0.29, 0.717) is 0 Å². The van der Waals surface area contributed by atoms with Gasteiger partial charge in [0, 0.05) is 20.9 Å². The van der Waals surface area contributed by atoms with Crippen LogP contribution in [0.2, 0.25) is 0 Å². The van der Waals surface area contributed by atoms with E-state index in [9.17, 15) is 39.3 Å². The van der Waals surface area contributed by atoms with Crippen LogP contribution in [0.3, 0.4) is 0 Å². The van der Waals surface area contributed by atoms with Gasteiger partial charge in [-0.05, 0) is 20.8 Å². The van der Waals surface area contributed by atoms with Gasteiger partial charge < -0.3 is 51.4 Å². The lowest BCUT2D eigenvalue weighted by Gasteiger charge is -2.43. The highest BCUT2D eigenvalue weighted by molar-refractivity contribution is 5.95. The molecule has 5 amide bonds. The predicted octanol–water partition coefficient (Wildman–Crippen LogP) is -4.40. The molecule has 0 saturated carbocycles. The maximum absolute atomic E-state index is 13.1. The number of carbonyl (C=O) groups excluding carboxylic acids is 5. The molecule has 15 heteroatoms. The van der Waals surface area contributed by atoms with Crippen LogP contribution in [0, 0.1) is 0 Å². The molecule has 1 aliphatic rings. The summed E-state index contributed by atoms with van der Waals surface area (Å²) in [5.74, 6) is -3.09. The molecule has 15 nitrogen and oxygen atoms in total. The number of aliphatic hydroxyl groups excluding tert-OH is 3. The van der Waals surface area contributed by atoms with Crippen LogP contribution in [-0.2, 0) is 33.4 Å². The molecule has 8 atom stereocenters. The molecule has 0 spiro atoms. The lowest BCUT2D eigenvalue weighted by atomic mass is 9.96. The summed E-state index contributed by atoms with van der Waals surface area (Å²) in [6, 6.07) is -3.23. The molecule has 206 valence electrons. The number of hydrogen-bond donors (Lipinski definition) is 8. The van der Waals surface area contributed by atoms with Gasteiger partial charge in [-0.25, -0.2) is 0 Å². The van der Waals surface area contributed by atoms with Crippen LogP contribution >= 0.6 is 0 Å². The first kappa shape index (κ1) is 31.2. The monoisotopic (exact) mass is 519 g/mol. The van der Waals surface area contributed by atoms with E-state index in [-0.39, 0.29) is 0 Å². The van der Waals surface area contributed by atoms with Gasteiger partial charge in [0.25, 0.3) is 0 Å². The van der Waals surface area contributed by atoms with Crippen LogP contribution in [0.1, 0.15) is 34.6 Å². The molecule has 36 heavy (non-hydrogen) atoms. The summed E-state index contributed by atoms with van der Waals surface area (Å²) < 4.78 is 11.1. The summed E-state index contributed by atoms with van der Waals surface area (Å²) in [6.45, 7) is 5.25. The number of likely N-dealkylation sites (N-methyl/N-ethyl adjacent to an activating group) is 1. The average molecular weight is 520 g/mol. The van der Waals surface area contributed by atoms with E-state index in [1.165, 1.54) is 34.7 Å². The fourth-order valence-electron chi connectivity index (χ4n) is 3.45. The van der Waals surface area contributed by atoms with Crippen molar-refractivity contribution >= 4 is 29.5 Å². The highest BCUT2D eigenvalue weighted by Gasteiger charge is 2.47. The number of nitrogens with one attached hydrogen (secondary N) is 5. The summed E-state index contributed by atoms with van der Waals surface area (Å²) in [7, 11) is 1.41. The van der Waals surface area contributed by atoms with Crippen molar-refractivity contribution in [2.75, 3.05) is 20.3 Å². The third-order valence-electron chi connectivity index (χ3n) is 5.48. The smallest absolute Gasteiger partial charge is 0.248 e. The number of ether oxygens (including phenoxy) is 2. The summed E-state index contributed by atoms with van der Waals surface area (Å²) in [5, 5.41) is 42.0. The van der Waals surface area contributed by atoms with Gasteiger partial charge in [-0.15, -0.1) is 0 Å². The Labute approximate surface area is 208 Å². The normalized spacial score (nSPS) is 27.0. The zero-order chi connectivity index (χ0) is 27.8. The Hall–Kier alpha value is -2.85. The fraction of sp³-hybridized carbons (Fsp3) is 0.762. The maximum Gasteiger partial charge on any atom is 0.248 e. The third kappa shape index (κ3) is 8.37. The largest absolute Gasteiger partial charge is 0.394 e. The molecule has 0 aromatic rings. The SMILES string of the molecule is CNC(=O)[C@H](C)NC(=O)[C@H](C)NC(=O)[C@](C)(CO[C@H]1O[C@H](CO)[C@H](O)[C@H](O)[C@H]1NC(C)=O)NC(C)=O. The summed E-state index contributed by atoms with van der Waals surface area (Å²) in [6.07, 6.45) is -5.77. The molecule has 1 heterocycles. The second kappa shape index (κ2) is 13.5. The van der Waals surface area contributed by atoms with E-state index in [1.807, 2.05) is 0 Å². The van der Waals surface area contributed by atoms with Crippen LogP contribution in [-0.4, -0.2) is 113 Å². The average Bonchev–Trinajstić information content (AvgIpc) is 2.79. The van der Waals surface area contributed by atoms with Crippen molar-refractivity contribution in [2.24, 2.45) is 0 Å². The summed E-state index contributed by atoms with van der Waals surface area (Å²) >= 11 is 0. The van der Waals surface area contributed by atoms with Crippen LogP contribution in [0.4, 0.5) is 0 Å². The van der Waals surface area contributed by atoms with Gasteiger partial charge in [0.05, 0.1) is 13.2 Å². The first-order valence-electron chi connectivity index (χ1n) is 11.3. The van der Waals surface area contributed by atoms with E-state index < -0.39 is 91.0 Å². The number of amides is 5. The Bertz CT molecular complexity index is 827. The third-order valence-corrected chi connectivity index (χ3v) is 5.48. The van der Waals surface area contributed by atoms with Gasteiger partial charge in [-0.3, -0.25) is 24.0 Å². The first-order valence-corrected chi connectivity index (χ1v) is 11.3. The molecule has 1 fully saturated rings. The van der Waals surface area contributed by atoms with E-state index in [0.717, 1.165) is 6.92 Å². The van der Waals surface area contributed by atoms with Gasteiger partial charge >= 0.3 is 0 Å². The van der Waals surface area contributed by atoms with Crippen molar-refractivity contribution in [2.45, 2.75) is 82.9 Å². The van der Waals surface area contributed by atoms with E-state index >= 15 is 0 Å². The van der Waals surface area contributed by atoms with Crippen molar-refractivity contribution < 1.29 is 48.8 Å². The Balaban J connectivity index is 3.01. The molecule has 0 radical (unpaired) electrons. The number of aliphatic hydroxyl groups is 3. The Morgan fingerprint density at radius 3 is 2.06 bits per heavy atom. The van der Waals surface area contributed by atoms with Crippen molar-refractivity contribution in [3.8, 4) is 0 Å². The molecular formula is C21H37N5O10. The van der Waals surface area contributed by atoms with Crippen LogP contribution < -0.4 is 26.6 Å². The number of hydrogen-bond acceptors (Lipinski definition) is 10. The lowest BCUT2D eigenvalue weighted by Crippen LogP contribution is -2.66. The Morgan fingerprint density at radius 1 is 0.972 bits per heavy atom. The number of carbonyl (C=O) groups is 5. The second-order valence-corrected chi connectivity index (χ2v) is 8.80. The predicted molar refractivity (Wildman–Crippen MR) is 123 cm³/mol. The summed E-state index contributed by atoms with van der Waals surface area (Å²) in [5.41, 5.74) is -1.76. The van der Waals surface area contributed by atoms with Crippen molar-refractivity contribution in [1.29, 1.82) is 0 Å². The maximum atomic E-state index is 13.1. The van der Waals surface area contributed by atoms with Gasteiger partial charge in [0.2, 0.25) is 29.5 Å². The van der Waals surface area contributed by atoms with Gasteiger partial charge in [-0.2, -0.15) is 0 Å². The lowest BCUT2D eigenvalue weighted by molar-refractivity contribution is -0.273. The topological polar surface area (TPSA) is 225 Å². The molecule has 1 saturated heterocycles. The Kier molecular flexibility index (Phi) is 11.7. The number of rotatable bonds is 11. The van der Waals surface area contributed by atoms with Crippen molar-refractivity contribution in [3.05, 3.63) is 0 Å². The fourth-order valence-corrected chi connectivity index (χ4v) is 3.45. The van der Waals surface area contributed by atoms with Gasteiger partial charge in [0.1, 0.15) is 42.0 Å². The van der Waals surface area contributed by atoms with Crippen molar-refractivity contribution in [1.82, 2.24) is 26.6 Å². The molecule has 8 N–H and O–H groups in total. The van der Waals surface area contributed by atoms with Crippen molar-refractivity contribution in [3.63, 3.8) is 0 Å². The van der Waals surface area contributed by atoms with E-state index in [1.54, 1.807) is 0 Å². The van der Waals surface area contributed by atoms with Crippen LogP contribution in [0.15, 0.2) is 0 Å². The molecule has 0 aliphatic carbocycles. The summed E-state index contributed by atoms with van der Waals surface area (Å²) in [4.78, 5) is 60.5. The van der Waals surface area contributed by atoms with E-state index in [2.05, 4.69) is 26.6 Å². The van der Waals surface area contributed by atoms with E-state index in [4.69, 9.17) is 9.47 Å². The molecular weight excluding hydrogens is 482 g/mol. The minimum absolute atomic E-state index is 0.437. The minimum atomic E-state index is -1.76. The van der Waals surface area contributed by atoms with Gasteiger partial charge in [-0.1, -0.05) is 0 Å². The molecule has 0 aromatic heterocycles. The molecule has 1 rings (SSSR count). The van der Waals surface area contributed by atoms with Crippen LogP contribution in [0.25, 0.3) is 0 Å². The highest BCUT2D eigenvalue weighted by Crippen LogP contribution is 2.23. The molecule has 0 unspecified atom stereocenters. The highest BCUT2D eigenvalue weighted by atomic mass is 16.7. The quantitative estimate of drug-likeness (QED) is 0.131. The zero-order valence-corrected chi connectivity index (χ0v) is 21.2.